The maximum atomic E-state index is 13.9. The highest BCUT2D eigenvalue weighted by Gasteiger charge is 2.40. The number of hydrogen-bond acceptors (Lipinski definition) is 12. The summed E-state index contributed by atoms with van der Waals surface area (Å²) in [5.74, 6) is -1.52. The number of rotatable bonds is 13. The number of nitrogens with two attached hydrogens (primary N) is 3. The Morgan fingerprint density at radius 2 is 1.34 bits per heavy atom. The topological polar surface area (TPSA) is 297 Å². The van der Waals surface area contributed by atoms with E-state index in [0.717, 1.165) is 65.2 Å². The fraction of sp³-hybridized carbons (Fsp3) is 0.174. The van der Waals surface area contributed by atoms with Crippen molar-refractivity contribution < 1.29 is 36.3 Å². The number of nitro groups is 2. The Labute approximate surface area is 248 Å². The van der Waals surface area contributed by atoms with Gasteiger partial charge in [-0.15, -0.1) is 0 Å². The first-order valence-corrected chi connectivity index (χ1v) is 14.9. The van der Waals surface area contributed by atoms with E-state index in [1.807, 2.05) is 0 Å². The van der Waals surface area contributed by atoms with E-state index in [1.54, 1.807) is 0 Å². The molecule has 0 saturated carbocycles. The second-order valence-electron chi connectivity index (χ2n) is 8.80. The average Bonchev–Trinajstić information content (AvgIpc) is 2.95. The van der Waals surface area contributed by atoms with Gasteiger partial charge in [-0.2, -0.15) is 3.71 Å². The summed E-state index contributed by atoms with van der Waals surface area (Å²) in [5, 5.41) is 25.5. The Hall–Kier alpha value is -5.57. The van der Waals surface area contributed by atoms with E-state index >= 15 is 0 Å². The molecule has 0 fully saturated rings. The van der Waals surface area contributed by atoms with Crippen molar-refractivity contribution >= 4 is 49.0 Å². The smallest absolute Gasteiger partial charge is 0.277 e. The van der Waals surface area contributed by atoms with Gasteiger partial charge in [0.25, 0.3) is 37.0 Å². The molecular formula is C23H24N8O11S2. The number of aryl methyl sites for hydroxylation is 1. The van der Waals surface area contributed by atoms with Gasteiger partial charge in [-0.05, 0) is 48.5 Å². The highest BCUT2D eigenvalue weighted by molar-refractivity contribution is 8.10. The van der Waals surface area contributed by atoms with E-state index in [0.29, 0.717) is 0 Å². The van der Waals surface area contributed by atoms with Gasteiger partial charge in [0.05, 0.1) is 19.6 Å². The first kappa shape index (κ1) is 32.9. The molecule has 1 atom stereocenters. The number of amides is 1. The number of non-ortho nitro benzene ring substituents is 2. The highest BCUT2D eigenvalue weighted by atomic mass is 32.3. The van der Waals surface area contributed by atoms with E-state index in [-0.39, 0.29) is 22.4 Å². The van der Waals surface area contributed by atoms with Gasteiger partial charge in [-0.1, -0.05) is 0 Å². The number of hydrogen-bond donors (Lipinski definition) is 3. The summed E-state index contributed by atoms with van der Waals surface area (Å²) in [6, 6.07) is 6.74. The van der Waals surface area contributed by atoms with E-state index in [2.05, 4.69) is 5.16 Å². The lowest BCUT2D eigenvalue weighted by Crippen LogP contribution is -2.43. The molecule has 1 amide bonds. The minimum Gasteiger partial charge on any atom is -0.393 e. The number of nitro benzene ring substituents is 2. The molecule has 0 bridgehead atoms. The number of carbonyl (C=O) groups is 1. The fourth-order valence-corrected chi connectivity index (χ4v) is 7.59. The molecule has 1 aromatic heterocycles. The van der Waals surface area contributed by atoms with Crippen molar-refractivity contribution in [2.75, 3.05) is 10.3 Å². The molecule has 1 heterocycles. The molecular weight excluding hydrogens is 628 g/mol. The van der Waals surface area contributed by atoms with E-state index < -0.39 is 80.2 Å². The number of nitrogens with zero attached hydrogens (tertiary/aromatic N) is 5. The van der Waals surface area contributed by atoms with Crippen LogP contribution in [0.2, 0.25) is 0 Å². The number of oxime groups is 1. The zero-order chi connectivity index (χ0) is 33.0. The summed E-state index contributed by atoms with van der Waals surface area (Å²) < 4.78 is 56.1. The summed E-state index contributed by atoms with van der Waals surface area (Å²) in [6.45, 7) is 1.01. The van der Waals surface area contributed by atoms with Gasteiger partial charge in [-0.25, -0.2) is 16.8 Å². The molecule has 44 heavy (non-hydrogen) atoms. The number of pyridine rings is 1. The Morgan fingerprint density at radius 3 is 1.73 bits per heavy atom. The standard InChI is InChI=1S/C23H24N8O11S2/c1-14-2-11-20(22(33)28(14)19(21(24)32)12-13-42-27-23(25)26)31(43(38,39)17-7-3-15(4-8-17)29(34)35)44(40,41)18-9-5-16(6-10-18)30(36)37/h2-11,19H,12-13H2,1H3,(H2,24,32)(H4,25,26,27). The summed E-state index contributed by atoms with van der Waals surface area (Å²) in [4.78, 5) is 50.1. The molecule has 234 valence electrons. The average molecular weight is 653 g/mol. The second-order valence-corrected chi connectivity index (χ2v) is 12.6. The monoisotopic (exact) mass is 652 g/mol. The number of primary amides is 1. The summed E-state index contributed by atoms with van der Waals surface area (Å²) in [5.41, 5.74) is 12.6. The first-order chi connectivity index (χ1) is 20.5. The predicted molar refractivity (Wildman–Crippen MR) is 153 cm³/mol. The number of guanidine groups is 1. The molecule has 1 unspecified atom stereocenters. The van der Waals surface area contributed by atoms with E-state index in [1.165, 1.54) is 6.92 Å². The summed E-state index contributed by atoms with van der Waals surface area (Å²) in [6.07, 6.45) is -0.319. The van der Waals surface area contributed by atoms with Crippen molar-refractivity contribution in [2.24, 2.45) is 22.4 Å². The molecule has 0 spiro atoms. The minimum atomic E-state index is -5.27. The Balaban J connectivity index is 2.31. The van der Waals surface area contributed by atoms with Crippen LogP contribution in [0.4, 0.5) is 17.1 Å². The molecule has 19 nitrogen and oxygen atoms in total. The van der Waals surface area contributed by atoms with Crippen molar-refractivity contribution in [1.29, 1.82) is 0 Å². The Bertz CT molecular complexity index is 1820. The van der Waals surface area contributed by atoms with Gasteiger partial charge >= 0.3 is 0 Å². The van der Waals surface area contributed by atoms with Gasteiger partial charge in [-0.3, -0.25) is 34.4 Å². The Morgan fingerprint density at radius 1 is 0.886 bits per heavy atom. The molecule has 6 N–H and O–H groups in total. The van der Waals surface area contributed by atoms with Crippen molar-refractivity contribution in [3.05, 3.63) is 96.9 Å². The largest absolute Gasteiger partial charge is 0.393 e. The SMILES string of the molecule is Cc1ccc(N(S(=O)(=O)c2ccc([N+](=O)[O-])cc2)S(=O)(=O)c2ccc([N+](=O)[O-])cc2)c(=O)n1C(CCON=C(N)N)C(N)=O. The van der Waals surface area contributed by atoms with Gasteiger partial charge in [0.15, 0.2) is 0 Å². The maximum Gasteiger partial charge on any atom is 0.277 e. The van der Waals surface area contributed by atoms with Crippen molar-refractivity contribution in [3.63, 3.8) is 0 Å². The summed E-state index contributed by atoms with van der Waals surface area (Å²) >= 11 is 0. The molecule has 0 aliphatic heterocycles. The molecule has 3 rings (SSSR count). The van der Waals surface area contributed by atoms with Crippen LogP contribution in [0, 0.1) is 27.2 Å². The van der Waals surface area contributed by atoms with Gasteiger partial charge in [0.1, 0.15) is 18.3 Å². The quantitative estimate of drug-likeness (QED) is 0.0730. The lowest BCUT2D eigenvalue weighted by molar-refractivity contribution is -0.385. The zero-order valence-electron chi connectivity index (χ0n) is 22.5. The predicted octanol–water partition coefficient (Wildman–Crippen LogP) is 0.179. The molecule has 0 aliphatic carbocycles. The van der Waals surface area contributed by atoms with Crippen LogP contribution in [-0.2, 0) is 29.7 Å². The Kier molecular flexibility index (Phi) is 9.54. The molecule has 0 radical (unpaired) electrons. The first-order valence-electron chi connectivity index (χ1n) is 12.0. The maximum absolute atomic E-state index is 13.9. The summed E-state index contributed by atoms with van der Waals surface area (Å²) in [7, 11) is -10.5. The van der Waals surface area contributed by atoms with Crippen LogP contribution in [-0.4, -0.2) is 49.7 Å². The van der Waals surface area contributed by atoms with Crippen LogP contribution >= 0.6 is 0 Å². The third-order valence-electron chi connectivity index (χ3n) is 5.92. The van der Waals surface area contributed by atoms with Crippen LogP contribution in [0.5, 0.6) is 0 Å². The van der Waals surface area contributed by atoms with Crippen LogP contribution in [0.3, 0.4) is 0 Å². The number of aromatic nitrogens is 1. The van der Waals surface area contributed by atoms with Crippen molar-refractivity contribution in [3.8, 4) is 0 Å². The normalized spacial score (nSPS) is 12.1. The number of sulfonamides is 2. The lowest BCUT2D eigenvalue weighted by Gasteiger charge is -2.26. The van der Waals surface area contributed by atoms with Crippen LogP contribution in [0.1, 0.15) is 18.2 Å². The molecule has 21 heteroatoms. The van der Waals surface area contributed by atoms with Crippen LogP contribution in [0.25, 0.3) is 0 Å². The van der Waals surface area contributed by atoms with Crippen molar-refractivity contribution in [2.45, 2.75) is 29.2 Å². The van der Waals surface area contributed by atoms with Crippen LogP contribution in [0.15, 0.2) is 80.4 Å². The van der Waals surface area contributed by atoms with Crippen LogP contribution < -0.4 is 26.5 Å². The van der Waals surface area contributed by atoms with Gasteiger partial charge in [0, 0.05) is 36.4 Å². The molecule has 0 aliphatic rings. The lowest BCUT2D eigenvalue weighted by atomic mass is 10.1. The molecule has 2 aromatic carbocycles. The van der Waals surface area contributed by atoms with E-state index in [9.17, 15) is 46.7 Å². The number of carbonyl (C=O) groups excluding carboxylic acids is 1. The third-order valence-corrected chi connectivity index (χ3v) is 10.1. The highest BCUT2D eigenvalue weighted by Crippen LogP contribution is 2.31. The third kappa shape index (κ3) is 6.73. The zero-order valence-corrected chi connectivity index (χ0v) is 24.2. The number of anilines is 1. The van der Waals surface area contributed by atoms with Gasteiger partial charge in [0.2, 0.25) is 11.9 Å². The fourth-order valence-electron chi connectivity index (χ4n) is 3.90. The number of benzene rings is 2. The van der Waals surface area contributed by atoms with Gasteiger partial charge < -0.3 is 22.0 Å². The molecule has 3 aromatic rings. The second kappa shape index (κ2) is 12.7. The van der Waals surface area contributed by atoms with E-state index in [4.69, 9.17) is 22.0 Å². The minimum absolute atomic E-state index is 0.0600. The van der Waals surface area contributed by atoms with Crippen molar-refractivity contribution in [1.82, 2.24) is 4.57 Å². The molecule has 0 saturated heterocycles.